The lowest BCUT2D eigenvalue weighted by Gasteiger charge is -2.34. The maximum atomic E-state index is 12.0. The lowest BCUT2D eigenvalue weighted by molar-refractivity contribution is -0.124. The Kier molecular flexibility index (Phi) is 2.97. The van der Waals surface area contributed by atoms with E-state index < -0.39 is 5.41 Å². The third-order valence-electron chi connectivity index (χ3n) is 4.32. The summed E-state index contributed by atoms with van der Waals surface area (Å²) in [6, 6.07) is 10.1. The van der Waals surface area contributed by atoms with Gasteiger partial charge < -0.3 is 5.73 Å². The number of carbonyl (C=O) groups excluding carboxylic acids is 1. The van der Waals surface area contributed by atoms with Crippen LogP contribution in [0.5, 0.6) is 0 Å². The van der Waals surface area contributed by atoms with Crippen LogP contribution in [0.15, 0.2) is 36.5 Å². The second-order valence-electron chi connectivity index (χ2n) is 5.42. The summed E-state index contributed by atoms with van der Waals surface area (Å²) in [5, 5.41) is 1.08. The minimum atomic E-state index is -0.505. The molecule has 2 N–H and O–H groups in total. The van der Waals surface area contributed by atoms with Gasteiger partial charge in [0, 0.05) is 11.6 Å². The Morgan fingerprint density at radius 2 is 1.89 bits per heavy atom. The largest absolute Gasteiger partial charge is 0.369 e. The normalized spacial score (nSPS) is 18.3. The van der Waals surface area contributed by atoms with Crippen LogP contribution in [0.25, 0.3) is 10.9 Å². The zero-order chi connectivity index (χ0) is 13.3. The van der Waals surface area contributed by atoms with E-state index in [0.717, 1.165) is 42.1 Å². The van der Waals surface area contributed by atoms with Crippen molar-refractivity contribution in [2.24, 2.45) is 5.73 Å². The van der Waals surface area contributed by atoms with E-state index in [1.807, 2.05) is 30.5 Å². The van der Waals surface area contributed by atoms with Crippen LogP contribution in [0, 0.1) is 0 Å². The van der Waals surface area contributed by atoms with Gasteiger partial charge in [0.2, 0.25) is 5.91 Å². The Labute approximate surface area is 112 Å². The molecule has 0 radical (unpaired) electrons. The molecule has 1 aromatic heterocycles. The van der Waals surface area contributed by atoms with E-state index in [2.05, 4.69) is 11.1 Å². The number of fused-ring (bicyclic) bond motifs is 1. The fourth-order valence-corrected chi connectivity index (χ4v) is 3.17. The third-order valence-corrected chi connectivity index (χ3v) is 4.32. The molecule has 19 heavy (non-hydrogen) atoms. The summed E-state index contributed by atoms with van der Waals surface area (Å²) in [5.41, 5.74) is 7.15. The fourth-order valence-electron chi connectivity index (χ4n) is 3.17. The second kappa shape index (κ2) is 4.65. The van der Waals surface area contributed by atoms with E-state index in [4.69, 9.17) is 5.73 Å². The standard InChI is InChI=1S/C16H18N2O/c17-15(19)16(8-4-1-5-9-16)13-10-12-6-2-3-7-14(12)18-11-13/h2-3,6-7,10-11H,1,4-5,8-9H2,(H2,17,19). The highest BCUT2D eigenvalue weighted by Gasteiger charge is 2.39. The number of para-hydroxylation sites is 1. The summed E-state index contributed by atoms with van der Waals surface area (Å²) >= 11 is 0. The zero-order valence-corrected chi connectivity index (χ0v) is 10.9. The molecule has 1 aliphatic carbocycles. The molecule has 0 bridgehead atoms. The van der Waals surface area contributed by atoms with Crippen LogP contribution in [0.1, 0.15) is 37.7 Å². The SMILES string of the molecule is NC(=O)C1(c2cnc3ccccc3c2)CCCCC1. The number of hydrogen-bond donors (Lipinski definition) is 1. The van der Waals surface area contributed by atoms with Crippen molar-refractivity contribution in [1.29, 1.82) is 0 Å². The second-order valence-corrected chi connectivity index (χ2v) is 5.42. The molecule has 3 nitrogen and oxygen atoms in total. The Balaban J connectivity index is 2.12. The maximum Gasteiger partial charge on any atom is 0.228 e. The van der Waals surface area contributed by atoms with Crippen LogP contribution in [-0.2, 0) is 10.2 Å². The number of benzene rings is 1. The molecule has 1 saturated carbocycles. The molecule has 1 aliphatic rings. The molecule has 98 valence electrons. The van der Waals surface area contributed by atoms with Gasteiger partial charge in [0.25, 0.3) is 0 Å². The molecule has 3 heteroatoms. The summed E-state index contributed by atoms with van der Waals surface area (Å²) in [6.07, 6.45) is 6.85. The molecule has 1 aromatic carbocycles. The number of aromatic nitrogens is 1. The maximum absolute atomic E-state index is 12.0. The van der Waals surface area contributed by atoms with Crippen molar-refractivity contribution >= 4 is 16.8 Å². The number of primary amides is 1. The fraction of sp³-hybridized carbons (Fsp3) is 0.375. The first-order chi connectivity index (χ1) is 9.22. The van der Waals surface area contributed by atoms with E-state index in [1.54, 1.807) is 0 Å². The summed E-state index contributed by atoms with van der Waals surface area (Å²) in [7, 11) is 0. The number of amides is 1. The van der Waals surface area contributed by atoms with Crippen molar-refractivity contribution in [2.45, 2.75) is 37.5 Å². The van der Waals surface area contributed by atoms with Crippen LogP contribution < -0.4 is 5.73 Å². The number of nitrogens with zero attached hydrogens (tertiary/aromatic N) is 1. The lowest BCUT2D eigenvalue weighted by Crippen LogP contribution is -2.42. The molecule has 1 amide bonds. The summed E-state index contributed by atoms with van der Waals surface area (Å²) < 4.78 is 0. The van der Waals surface area contributed by atoms with E-state index in [-0.39, 0.29) is 5.91 Å². The van der Waals surface area contributed by atoms with E-state index >= 15 is 0 Å². The van der Waals surface area contributed by atoms with Crippen LogP contribution in [0.3, 0.4) is 0 Å². The van der Waals surface area contributed by atoms with Gasteiger partial charge in [-0.05, 0) is 30.5 Å². The van der Waals surface area contributed by atoms with E-state index in [9.17, 15) is 4.79 Å². The molecule has 0 unspecified atom stereocenters. The highest BCUT2D eigenvalue weighted by molar-refractivity contribution is 5.88. The van der Waals surface area contributed by atoms with Crippen molar-refractivity contribution < 1.29 is 4.79 Å². The molecule has 1 heterocycles. The van der Waals surface area contributed by atoms with Crippen LogP contribution in [0.4, 0.5) is 0 Å². The minimum Gasteiger partial charge on any atom is -0.369 e. The lowest BCUT2D eigenvalue weighted by atomic mass is 9.69. The Hall–Kier alpha value is -1.90. The van der Waals surface area contributed by atoms with Crippen LogP contribution in [-0.4, -0.2) is 10.9 Å². The first-order valence-corrected chi connectivity index (χ1v) is 6.88. The average Bonchev–Trinajstić information content (AvgIpc) is 2.47. The Bertz CT molecular complexity index is 615. The van der Waals surface area contributed by atoms with E-state index in [1.165, 1.54) is 6.42 Å². The van der Waals surface area contributed by atoms with E-state index in [0.29, 0.717) is 0 Å². The van der Waals surface area contributed by atoms with Gasteiger partial charge in [-0.1, -0.05) is 37.5 Å². The monoisotopic (exact) mass is 254 g/mol. The molecule has 0 atom stereocenters. The van der Waals surface area contributed by atoms with Gasteiger partial charge in [0.05, 0.1) is 10.9 Å². The van der Waals surface area contributed by atoms with Crippen molar-refractivity contribution in [1.82, 2.24) is 4.98 Å². The quantitative estimate of drug-likeness (QED) is 0.895. The van der Waals surface area contributed by atoms with Gasteiger partial charge in [-0.15, -0.1) is 0 Å². The first kappa shape index (κ1) is 12.2. The average molecular weight is 254 g/mol. The highest BCUT2D eigenvalue weighted by Crippen LogP contribution is 2.39. The van der Waals surface area contributed by atoms with Crippen molar-refractivity contribution in [3.8, 4) is 0 Å². The highest BCUT2D eigenvalue weighted by atomic mass is 16.1. The summed E-state index contributed by atoms with van der Waals surface area (Å²) in [5.74, 6) is -0.204. The zero-order valence-electron chi connectivity index (χ0n) is 10.9. The number of carbonyl (C=O) groups is 1. The summed E-state index contributed by atoms with van der Waals surface area (Å²) in [4.78, 5) is 16.5. The Morgan fingerprint density at radius 1 is 1.16 bits per heavy atom. The van der Waals surface area contributed by atoms with Crippen LogP contribution >= 0.6 is 0 Å². The molecular weight excluding hydrogens is 236 g/mol. The third kappa shape index (κ3) is 1.99. The molecule has 3 rings (SSSR count). The molecule has 0 spiro atoms. The molecular formula is C16H18N2O. The van der Waals surface area contributed by atoms with Crippen LogP contribution in [0.2, 0.25) is 0 Å². The predicted molar refractivity (Wildman–Crippen MR) is 75.7 cm³/mol. The molecule has 0 aliphatic heterocycles. The van der Waals surface area contributed by atoms with Gasteiger partial charge >= 0.3 is 0 Å². The smallest absolute Gasteiger partial charge is 0.228 e. The van der Waals surface area contributed by atoms with Gasteiger partial charge in [-0.3, -0.25) is 9.78 Å². The number of hydrogen-bond acceptors (Lipinski definition) is 2. The first-order valence-electron chi connectivity index (χ1n) is 6.88. The Morgan fingerprint density at radius 3 is 2.63 bits per heavy atom. The van der Waals surface area contributed by atoms with Gasteiger partial charge in [0.15, 0.2) is 0 Å². The van der Waals surface area contributed by atoms with Crippen molar-refractivity contribution in [3.05, 3.63) is 42.1 Å². The molecule has 0 saturated heterocycles. The molecule has 2 aromatic rings. The van der Waals surface area contributed by atoms with Gasteiger partial charge in [-0.2, -0.15) is 0 Å². The van der Waals surface area contributed by atoms with Crippen molar-refractivity contribution in [3.63, 3.8) is 0 Å². The van der Waals surface area contributed by atoms with Crippen molar-refractivity contribution in [2.75, 3.05) is 0 Å². The van der Waals surface area contributed by atoms with Gasteiger partial charge in [-0.25, -0.2) is 0 Å². The van der Waals surface area contributed by atoms with Gasteiger partial charge in [0.1, 0.15) is 0 Å². The number of pyridine rings is 1. The predicted octanol–water partition coefficient (Wildman–Crippen LogP) is 2.92. The minimum absolute atomic E-state index is 0.204. The molecule has 1 fully saturated rings. The number of nitrogens with two attached hydrogens (primary N) is 1. The summed E-state index contributed by atoms with van der Waals surface area (Å²) in [6.45, 7) is 0. The topological polar surface area (TPSA) is 56.0 Å². The number of rotatable bonds is 2.